The van der Waals surface area contributed by atoms with Gasteiger partial charge in [-0.15, -0.1) is 0 Å². The van der Waals surface area contributed by atoms with Gasteiger partial charge in [0, 0.05) is 57.4 Å². The molecule has 27 heavy (non-hydrogen) atoms. The highest BCUT2D eigenvalue weighted by molar-refractivity contribution is 5.97. The summed E-state index contributed by atoms with van der Waals surface area (Å²) in [7, 11) is 0. The average Bonchev–Trinajstić information content (AvgIpc) is 2.69. The van der Waals surface area contributed by atoms with Crippen molar-refractivity contribution in [3.05, 3.63) is 39.9 Å². The van der Waals surface area contributed by atoms with Gasteiger partial charge in [-0.25, -0.2) is 4.39 Å². The van der Waals surface area contributed by atoms with Crippen LogP contribution in [0.15, 0.2) is 23.1 Å². The second-order valence-electron chi connectivity index (χ2n) is 6.69. The van der Waals surface area contributed by atoms with Gasteiger partial charge in [-0.3, -0.25) is 9.59 Å². The van der Waals surface area contributed by atoms with Gasteiger partial charge in [0.2, 0.25) is 5.43 Å². The Kier molecular flexibility index (Phi) is 5.79. The second kappa shape index (κ2) is 8.08. The summed E-state index contributed by atoms with van der Waals surface area (Å²) in [6, 6.07) is 3.03. The zero-order chi connectivity index (χ0) is 19.6. The van der Waals surface area contributed by atoms with Gasteiger partial charge in [-0.05, 0) is 32.9 Å². The molecule has 1 aliphatic heterocycles. The number of aromatic nitrogens is 1. The summed E-state index contributed by atoms with van der Waals surface area (Å²) < 4.78 is 16.7. The Hall–Kier alpha value is -2.41. The highest BCUT2D eigenvalue weighted by Crippen LogP contribution is 2.25. The minimum absolute atomic E-state index is 0.0994. The third-order valence-corrected chi connectivity index (χ3v) is 5.23. The molecule has 0 bridgehead atoms. The van der Waals surface area contributed by atoms with Crippen LogP contribution in [0.2, 0.25) is 0 Å². The number of anilines is 1. The van der Waals surface area contributed by atoms with Gasteiger partial charge < -0.3 is 19.7 Å². The van der Waals surface area contributed by atoms with E-state index in [2.05, 4.69) is 5.32 Å². The highest BCUT2D eigenvalue weighted by atomic mass is 19.1. The molecule has 1 fully saturated rings. The van der Waals surface area contributed by atoms with Crippen LogP contribution in [0.3, 0.4) is 0 Å². The molecule has 146 valence electrons. The Balaban J connectivity index is 2.17. The first-order valence-corrected chi connectivity index (χ1v) is 9.63. The molecule has 1 aromatic carbocycles. The van der Waals surface area contributed by atoms with Crippen molar-refractivity contribution >= 4 is 22.5 Å². The normalized spacial score (nSPS) is 14.6. The van der Waals surface area contributed by atoms with Crippen LogP contribution in [0.5, 0.6) is 0 Å². The van der Waals surface area contributed by atoms with E-state index in [1.807, 2.05) is 30.2 Å². The second-order valence-corrected chi connectivity index (χ2v) is 6.69. The third-order valence-electron chi connectivity index (χ3n) is 5.23. The van der Waals surface area contributed by atoms with Crippen molar-refractivity contribution in [2.75, 3.05) is 44.2 Å². The Morgan fingerprint density at radius 2 is 1.85 bits per heavy atom. The van der Waals surface area contributed by atoms with Crippen molar-refractivity contribution in [1.29, 1.82) is 0 Å². The maximum atomic E-state index is 14.8. The number of nitrogens with zero attached hydrogens (tertiary/aromatic N) is 3. The Labute approximate surface area is 158 Å². The van der Waals surface area contributed by atoms with E-state index in [-0.39, 0.29) is 16.9 Å². The predicted octanol–water partition coefficient (Wildman–Crippen LogP) is 2.05. The third kappa shape index (κ3) is 3.56. The first-order valence-electron chi connectivity index (χ1n) is 9.63. The van der Waals surface area contributed by atoms with E-state index in [4.69, 9.17) is 0 Å². The molecule has 0 atom stereocenters. The van der Waals surface area contributed by atoms with E-state index < -0.39 is 11.2 Å². The molecule has 0 aliphatic carbocycles. The van der Waals surface area contributed by atoms with E-state index >= 15 is 0 Å². The number of benzene rings is 1. The molecule has 1 aliphatic rings. The van der Waals surface area contributed by atoms with Crippen LogP contribution in [0, 0.1) is 5.82 Å². The molecule has 1 amide bonds. The number of nitrogens with one attached hydrogen (secondary N) is 1. The Morgan fingerprint density at radius 3 is 2.44 bits per heavy atom. The molecule has 0 saturated carbocycles. The summed E-state index contributed by atoms with van der Waals surface area (Å²) in [4.78, 5) is 29.3. The number of halogens is 1. The lowest BCUT2D eigenvalue weighted by Crippen LogP contribution is -2.44. The molecule has 1 aromatic heterocycles. The number of hydrogen-bond donors (Lipinski definition) is 1. The molecule has 1 N–H and O–H groups in total. The molecule has 0 unspecified atom stereocenters. The van der Waals surface area contributed by atoms with E-state index in [1.54, 1.807) is 17.2 Å². The van der Waals surface area contributed by atoms with Crippen molar-refractivity contribution < 1.29 is 9.18 Å². The summed E-state index contributed by atoms with van der Waals surface area (Å²) >= 11 is 0. The molecular weight excluding hydrogens is 347 g/mol. The first kappa shape index (κ1) is 19.4. The quantitative estimate of drug-likeness (QED) is 0.870. The number of amides is 1. The summed E-state index contributed by atoms with van der Waals surface area (Å²) in [5.41, 5.74) is 0.863. The number of fused-ring (bicyclic) bond motifs is 1. The van der Waals surface area contributed by atoms with E-state index in [0.29, 0.717) is 30.8 Å². The van der Waals surface area contributed by atoms with Crippen molar-refractivity contribution in [3.63, 3.8) is 0 Å². The standard InChI is InChI=1S/C20H27FN4O2/c1-4-23(5-2)20(27)15-13-24(6-3)17-12-18(25-9-7-22-8-10-25)16(21)11-14(17)19(15)26/h11-13,22H,4-10H2,1-3H3. The van der Waals surface area contributed by atoms with Crippen molar-refractivity contribution in [2.24, 2.45) is 0 Å². The number of pyridine rings is 1. The first-order chi connectivity index (χ1) is 13.0. The lowest BCUT2D eigenvalue weighted by molar-refractivity contribution is 0.0771. The van der Waals surface area contributed by atoms with Crippen molar-refractivity contribution in [3.8, 4) is 0 Å². The van der Waals surface area contributed by atoms with Crippen LogP contribution >= 0.6 is 0 Å². The van der Waals surface area contributed by atoms with Gasteiger partial charge in [-0.2, -0.15) is 0 Å². The van der Waals surface area contributed by atoms with Crippen LogP contribution in [-0.4, -0.2) is 54.6 Å². The van der Waals surface area contributed by atoms with Gasteiger partial charge in [-0.1, -0.05) is 0 Å². The van der Waals surface area contributed by atoms with Crippen LogP contribution in [0.25, 0.3) is 10.9 Å². The Bertz CT molecular complexity index is 899. The summed E-state index contributed by atoms with van der Waals surface area (Å²) in [5, 5.41) is 3.51. The van der Waals surface area contributed by atoms with E-state index in [0.717, 1.165) is 26.2 Å². The summed E-state index contributed by atoms with van der Waals surface area (Å²) in [6.07, 6.45) is 1.62. The lowest BCUT2D eigenvalue weighted by atomic mass is 10.1. The van der Waals surface area contributed by atoms with Crippen LogP contribution in [-0.2, 0) is 6.54 Å². The highest BCUT2D eigenvalue weighted by Gasteiger charge is 2.22. The van der Waals surface area contributed by atoms with E-state index in [9.17, 15) is 14.0 Å². The number of carbonyl (C=O) groups is 1. The largest absolute Gasteiger partial charge is 0.367 e. The van der Waals surface area contributed by atoms with Gasteiger partial charge in [0.1, 0.15) is 11.4 Å². The monoisotopic (exact) mass is 374 g/mol. The SMILES string of the molecule is CCN(CC)C(=O)c1cn(CC)c2cc(N3CCNCC3)c(F)cc2c1=O. The fourth-order valence-electron chi connectivity index (χ4n) is 3.64. The number of carbonyl (C=O) groups excluding carboxylic acids is 1. The summed E-state index contributed by atoms with van der Waals surface area (Å²) in [6.45, 7) is 10.4. The number of aryl methyl sites for hydroxylation is 1. The molecule has 6 nitrogen and oxygen atoms in total. The van der Waals surface area contributed by atoms with E-state index in [1.165, 1.54) is 6.07 Å². The summed E-state index contributed by atoms with van der Waals surface area (Å²) in [5.74, 6) is -0.725. The van der Waals surface area contributed by atoms with Crippen LogP contribution in [0.1, 0.15) is 31.1 Å². The maximum Gasteiger partial charge on any atom is 0.259 e. The zero-order valence-electron chi connectivity index (χ0n) is 16.2. The van der Waals surface area contributed by atoms with Gasteiger partial charge in [0.15, 0.2) is 0 Å². The number of hydrogen-bond acceptors (Lipinski definition) is 4. The predicted molar refractivity (Wildman–Crippen MR) is 106 cm³/mol. The van der Waals surface area contributed by atoms with Gasteiger partial charge in [0.25, 0.3) is 5.91 Å². The minimum atomic E-state index is -0.420. The molecule has 0 radical (unpaired) electrons. The molecule has 2 aromatic rings. The maximum absolute atomic E-state index is 14.8. The fraction of sp³-hybridized carbons (Fsp3) is 0.500. The van der Waals surface area contributed by atoms with Crippen molar-refractivity contribution in [2.45, 2.75) is 27.3 Å². The molecule has 1 saturated heterocycles. The lowest BCUT2D eigenvalue weighted by Gasteiger charge is -2.30. The fourth-order valence-corrected chi connectivity index (χ4v) is 3.64. The molecule has 2 heterocycles. The van der Waals surface area contributed by atoms with Crippen LogP contribution < -0.4 is 15.6 Å². The molecular formula is C20H27FN4O2. The zero-order valence-corrected chi connectivity index (χ0v) is 16.2. The minimum Gasteiger partial charge on any atom is -0.367 e. The molecule has 0 spiro atoms. The van der Waals surface area contributed by atoms with Crippen molar-refractivity contribution in [1.82, 2.24) is 14.8 Å². The molecule has 7 heteroatoms. The number of piperazine rings is 1. The Morgan fingerprint density at radius 1 is 1.19 bits per heavy atom. The van der Waals surface area contributed by atoms with Gasteiger partial charge in [0.05, 0.1) is 11.2 Å². The smallest absolute Gasteiger partial charge is 0.259 e. The number of rotatable bonds is 5. The molecule has 3 rings (SSSR count). The topological polar surface area (TPSA) is 57.6 Å². The average molecular weight is 374 g/mol. The van der Waals surface area contributed by atoms with Gasteiger partial charge >= 0.3 is 0 Å². The van der Waals surface area contributed by atoms with Crippen LogP contribution in [0.4, 0.5) is 10.1 Å².